The third-order valence-corrected chi connectivity index (χ3v) is 9.62. The van der Waals surface area contributed by atoms with Crippen LogP contribution in [0.25, 0.3) is 0 Å². The van der Waals surface area contributed by atoms with Gasteiger partial charge in [0.15, 0.2) is 15.0 Å². The van der Waals surface area contributed by atoms with Gasteiger partial charge in [0, 0.05) is 48.7 Å². The number of piperazine rings is 1. The lowest BCUT2D eigenvalue weighted by atomic mass is 10.1. The predicted octanol–water partition coefficient (Wildman–Crippen LogP) is 2.62. The van der Waals surface area contributed by atoms with E-state index in [-0.39, 0.29) is 28.7 Å². The molecule has 1 amide bonds. The Morgan fingerprint density at radius 2 is 2.00 bits per heavy atom. The molecule has 0 spiro atoms. The molecule has 1 aromatic carbocycles. The minimum Gasteiger partial charge on any atom is -0.336 e. The largest absolute Gasteiger partial charge is 0.336 e. The summed E-state index contributed by atoms with van der Waals surface area (Å²) >= 11 is 1.50. The third-order valence-electron chi connectivity index (χ3n) is 6.48. The van der Waals surface area contributed by atoms with Gasteiger partial charge in [-0.05, 0) is 38.0 Å². The first-order valence-electron chi connectivity index (χ1n) is 11.1. The van der Waals surface area contributed by atoms with E-state index in [9.17, 15) is 13.2 Å². The number of benzene rings is 1. The van der Waals surface area contributed by atoms with Gasteiger partial charge in [0.1, 0.15) is 0 Å². The summed E-state index contributed by atoms with van der Waals surface area (Å²) < 4.78 is 23.6. The molecule has 1 aromatic rings. The average molecular weight is 465 g/mol. The Kier molecular flexibility index (Phi) is 6.65. The standard InChI is InChI=1S/C22H32N4O3S2/c1-4-5-16(3)25-8-10-26(11-9-25)21(27)17-7-6-15(2)18(12-17)23-22-24-19-13-31(28,29)14-20(19)30-22/h6-7,12,16,19-20H,4-5,8-11,13-14H2,1-3H3,(H,23,24)/t16-,19+,20+/m0/s1. The smallest absolute Gasteiger partial charge is 0.254 e. The van der Waals surface area contributed by atoms with Crippen LogP contribution in [0.5, 0.6) is 0 Å². The van der Waals surface area contributed by atoms with E-state index in [2.05, 4.69) is 29.1 Å². The number of amidine groups is 1. The van der Waals surface area contributed by atoms with Crippen LogP contribution in [0.15, 0.2) is 23.2 Å². The van der Waals surface area contributed by atoms with Gasteiger partial charge < -0.3 is 10.2 Å². The number of nitrogens with one attached hydrogen (secondary N) is 1. The highest BCUT2D eigenvalue weighted by atomic mass is 32.2. The lowest BCUT2D eigenvalue weighted by molar-refractivity contribution is 0.0575. The molecule has 1 N–H and O–H groups in total. The monoisotopic (exact) mass is 464 g/mol. The Morgan fingerprint density at radius 1 is 1.26 bits per heavy atom. The molecule has 4 rings (SSSR count). The van der Waals surface area contributed by atoms with E-state index >= 15 is 0 Å². The van der Waals surface area contributed by atoms with Crippen molar-refractivity contribution in [3.05, 3.63) is 29.3 Å². The number of aliphatic imine (C=N–C) groups is 1. The van der Waals surface area contributed by atoms with Crippen molar-refractivity contribution in [3.63, 3.8) is 0 Å². The maximum Gasteiger partial charge on any atom is 0.254 e. The Labute approximate surface area is 189 Å². The van der Waals surface area contributed by atoms with Crippen LogP contribution >= 0.6 is 11.8 Å². The molecule has 31 heavy (non-hydrogen) atoms. The minimum atomic E-state index is -2.96. The number of amides is 1. The van der Waals surface area contributed by atoms with Gasteiger partial charge in [-0.3, -0.25) is 14.7 Å². The zero-order valence-corrected chi connectivity index (χ0v) is 20.1. The summed E-state index contributed by atoms with van der Waals surface area (Å²) in [6.07, 6.45) is 2.37. The molecule has 3 heterocycles. The van der Waals surface area contributed by atoms with Crippen LogP contribution in [0.2, 0.25) is 0 Å². The summed E-state index contributed by atoms with van der Waals surface area (Å²) in [7, 11) is -2.96. The average Bonchev–Trinajstić information content (AvgIpc) is 3.22. The van der Waals surface area contributed by atoms with E-state index in [0.29, 0.717) is 11.6 Å². The Bertz CT molecular complexity index is 971. The lowest BCUT2D eigenvalue weighted by Crippen LogP contribution is -2.51. The first kappa shape index (κ1) is 22.6. The zero-order chi connectivity index (χ0) is 22.2. The molecule has 0 aliphatic carbocycles. The van der Waals surface area contributed by atoms with Crippen LogP contribution in [-0.2, 0) is 9.84 Å². The normalized spacial score (nSPS) is 26.4. The van der Waals surface area contributed by atoms with Crippen LogP contribution in [0, 0.1) is 6.92 Å². The molecule has 0 aromatic heterocycles. The van der Waals surface area contributed by atoms with Gasteiger partial charge in [-0.2, -0.15) is 0 Å². The Balaban J connectivity index is 1.40. The summed E-state index contributed by atoms with van der Waals surface area (Å²) in [5.41, 5.74) is 2.56. The number of anilines is 1. The summed E-state index contributed by atoms with van der Waals surface area (Å²) in [5.74, 6) is 0.392. The number of carbonyl (C=O) groups excluding carboxylic acids is 1. The van der Waals surface area contributed by atoms with E-state index in [1.807, 2.05) is 30.0 Å². The molecule has 0 unspecified atom stereocenters. The van der Waals surface area contributed by atoms with Gasteiger partial charge in [0.05, 0.1) is 17.5 Å². The first-order valence-corrected chi connectivity index (χ1v) is 13.8. The Hall–Kier alpha value is -1.58. The number of sulfone groups is 1. The van der Waals surface area contributed by atoms with Crippen molar-refractivity contribution in [1.29, 1.82) is 0 Å². The van der Waals surface area contributed by atoms with Gasteiger partial charge in [-0.15, -0.1) is 0 Å². The van der Waals surface area contributed by atoms with E-state index < -0.39 is 9.84 Å². The molecular weight excluding hydrogens is 432 g/mol. The zero-order valence-electron chi connectivity index (χ0n) is 18.5. The molecule has 170 valence electrons. The second-order valence-electron chi connectivity index (χ2n) is 8.86. The lowest BCUT2D eigenvalue weighted by Gasteiger charge is -2.38. The van der Waals surface area contributed by atoms with Crippen molar-refractivity contribution in [1.82, 2.24) is 9.80 Å². The number of rotatable bonds is 5. The maximum absolute atomic E-state index is 13.1. The fourth-order valence-corrected chi connectivity index (χ4v) is 8.24. The maximum atomic E-state index is 13.1. The third kappa shape index (κ3) is 5.09. The highest BCUT2D eigenvalue weighted by molar-refractivity contribution is 8.15. The van der Waals surface area contributed by atoms with Crippen molar-refractivity contribution < 1.29 is 13.2 Å². The quantitative estimate of drug-likeness (QED) is 0.721. The molecule has 3 atom stereocenters. The van der Waals surface area contributed by atoms with Gasteiger partial charge in [0.2, 0.25) is 0 Å². The fraction of sp³-hybridized carbons (Fsp3) is 0.636. The van der Waals surface area contributed by atoms with Gasteiger partial charge in [0.25, 0.3) is 5.91 Å². The van der Waals surface area contributed by atoms with E-state index in [4.69, 9.17) is 0 Å². The topological polar surface area (TPSA) is 82.1 Å². The van der Waals surface area contributed by atoms with Crippen LogP contribution in [0.3, 0.4) is 0 Å². The summed E-state index contributed by atoms with van der Waals surface area (Å²) in [4.78, 5) is 22.1. The van der Waals surface area contributed by atoms with Gasteiger partial charge >= 0.3 is 0 Å². The van der Waals surface area contributed by atoms with Crippen LogP contribution < -0.4 is 5.32 Å². The highest BCUT2D eigenvalue weighted by Gasteiger charge is 2.42. The number of aryl methyl sites for hydroxylation is 1. The summed E-state index contributed by atoms with van der Waals surface area (Å²) in [6, 6.07) is 6.16. The van der Waals surface area contributed by atoms with Crippen molar-refractivity contribution in [2.75, 3.05) is 43.0 Å². The molecular formula is C22H32N4O3S2. The van der Waals surface area contributed by atoms with Crippen molar-refractivity contribution in [2.24, 2.45) is 4.99 Å². The number of carbonyl (C=O) groups is 1. The molecule has 3 aliphatic heterocycles. The predicted molar refractivity (Wildman–Crippen MR) is 128 cm³/mol. The second kappa shape index (κ2) is 9.11. The van der Waals surface area contributed by atoms with Crippen molar-refractivity contribution >= 4 is 38.4 Å². The fourth-order valence-electron chi connectivity index (χ4n) is 4.57. The molecule has 3 aliphatic rings. The molecule has 9 heteroatoms. The van der Waals surface area contributed by atoms with Crippen molar-refractivity contribution in [3.8, 4) is 0 Å². The number of nitrogens with zero attached hydrogens (tertiary/aromatic N) is 3. The highest BCUT2D eigenvalue weighted by Crippen LogP contribution is 2.35. The van der Waals surface area contributed by atoms with Gasteiger partial charge in [-0.1, -0.05) is 31.2 Å². The van der Waals surface area contributed by atoms with Crippen LogP contribution in [-0.4, -0.2) is 84.3 Å². The molecule has 2 saturated heterocycles. The minimum absolute atomic E-state index is 0.00372. The van der Waals surface area contributed by atoms with E-state index in [1.165, 1.54) is 24.6 Å². The second-order valence-corrected chi connectivity index (χ2v) is 12.2. The van der Waals surface area contributed by atoms with E-state index in [1.54, 1.807) is 0 Å². The Morgan fingerprint density at radius 3 is 2.68 bits per heavy atom. The summed E-state index contributed by atoms with van der Waals surface area (Å²) in [6.45, 7) is 9.82. The first-order chi connectivity index (χ1) is 14.8. The number of thioether (sulfide) groups is 1. The van der Waals surface area contributed by atoms with E-state index in [0.717, 1.165) is 42.6 Å². The molecule has 0 radical (unpaired) electrons. The van der Waals surface area contributed by atoms with Crippen LogP contribution in [0.1, 0.15) is 42.6 Å². The van der Waals surface area contributed by atoms with Gasteiger partial charge in [-0.25, -0.2) is 8.42 Å². The van der Waals surface area contributed by atoms with Crippen molar-refractivity contribution in [2.45, 2.75) is 50.9 Å². The molecule has 0 saturated carbocycles. The number of hydrogen-bond donors (Lipinski definition) is 1. The number of hydrogen-bond acceptors (Lipinski definition) is 7. The molecule has 0 bridgehead atoms. The summed E-state index contributed by atoms with van der Waals surface area (Å²) in [5, 5.41) is 4.09. The SMILES string of the molecule is CCC[C@H](C)N1CCN(C(=O)c2ccc(C)c(NC3=N[C@@H]4CS(=O)(=O)C[C@H]4S3)c2)CC1. The number of fused-ring (bicyclic) bond motifs is 1. The van der Waals surface area contributed by atoms with Crippen LogP contribution in [0.4, 0.5) is 5.69 Å². The molecule has 2 fully saturated rings. The molecule has 7 nitrogen and oxygen atoms in total.